The number of thiazole rings is 1. The Balaban J connectivity index is 1.68. The van der Waals surface area contributed by atoms with Gasteiger partial charge in [-0.25, -0.2) is 9.97 Å². The minimum absolute atomic E-state index is 0.305. The van der Waals surface area contributed by atoms with Gasteiger partial charge in [0.1, 0.15) is 5.82 Å². The van der Waals surface area contributed by atoms with E-state index in [-0.39, 0.29) is 0 Å². The molecule has 0 amide bonds. The first kappa shape index (κ1) is 13.7. The van der Waals surface area contributed by atoms with E-state index in [2.05, 4.69) is 55.7 Å². The Bertz CT molecular complexity index is 789. The van der Waals surface area contributed by atoms with Gasteiger partial charge in [0.05, 0.1) is 23.2 Å². The lowest BCUT2D eigenvalue weighted by Gasteiger charge is -2.26. The molecule has 4 nitrogen and oxygen atoms in total. The average molecular weight is 310 g/mol. The molecule has 1 aliphatic heterocycles. The molecule has 1 atom stereocenters. The number of hydrogen-bond acceptors (Lipinski definition) is 4. The Morgan fingerprint density at radius 2 is 2.27 bits per heavy atom. The van der Waals surface area contributed by atoms with Gasteiger partial charge < -0.3 is 9.88 Å². The average Bonchev–Trinajstić information content (AvgIpc) is 3.16. The zero-order chi connectivity index (χ0) is 14.9. The van der Waals surface area contributed by atoms with Crippen LogP contribution in [0.15, 0.2) is 42.0 Å². The van der Waals surface area contributed by atoms with Crippen molar-refractivity contribution < 1.29 is 0 Å². The maximum atomic E-state index is 4.64. The fourth-order valence-corrected chi connectivity index (χ4v) is 3.75. The van der Waals surface area contributed by atoms with Crippen molar-refractivity contribution in [2.75, 3.05) is 6.54 Å². The van der Waals surface area contributed by atoms with Gasteiger partial charge in [-0.3, -0.25) is 0 Å². The van der Waals surface area contributed by atoms with Gasteiger partial charge in [-0.2, -0.15) is 0 Å². The Morgan fingerprint density at radius 3 is 3.14 bits per heavy atom. The lowest BCUT2D eigenvalue weighted by molar-refractivity contribution is 0.550. The molecule has 22 heavy (non-hydrogen) atoms. The smallest absolute Gasteiger partial charge is 0.117 e. The summed E-state index contributed by atoms with van der Waals surface area (Å²) in [4.78, 5) is 9.21. The lowest BCUT2D eigenvalue weighted by Crippen LogP contribution is -2.30. The number of nitrogens with one attached hydrogen (secondary N) is 1. The summed E-state index contributed by atoms with van der Waals surface area (Å²) in [6.45, 7) is 4.71. The fourth-order valence-electron chi connectivity index (χ4n) is 3.15. The van der Waals surface area contributed by atoms with Crippen molar-refractivity contribution in [3.05, 3.63) is 69.7 Å². The zero-order valence-corrected chi connectivity index (χ0v) is 13.3. The van der Waals surface area contributed by atoms with Crippen LogP contribution in [0.4, 0.5) is 0 Å². The molecule has 0 fully saturated rings. The molecule has 0 unspecified atom stereocenters. The second-order valence-electron chi connectivity index (χ2n) is 5.65. The molecule has 2 aromatic heterocycles. The maximum absolute atomic E-state index is 4.64. The van der Waals surface area contributed by atoms with Crippen LogP contribution in [0.25, 0.3) is 0 Å². The Morgan fingerprint density at radius 1 is 1.36 bits per heavy atom. The highest BCUT2D eigenvalue weighted by atomic mass is 32.1. The van der Waals surface area contributed by atoms with E-state index in [0.717, 1.165) is 36.2 Å². The molecule has 5 heteroatoms. The molecule has 1 N–H and O–H groups in total. The molecule has 1 aliphatic rings. The van der Waals surface area contributed by atoms with Crippen LogP contribution < -0.4 is 5.32 Å². The predicted octanol–water partition coefficient (Wildman–Crippen LogP) is 2.93. The minimum Gasteiger partial charge on any atom is -0.328 e. The van der Waals surface area contributed by atoms with Crippen molar-refractivity contribution >= 4 is 11.3 Å². The molecule has 0 radical (unpaired) electrons. The van der Waals surface area contributed by atoms with Crippen LogP contribution in [0.3, 0.4) is 0 Å². The molecular weight excluding hydrogens is 292 g/mol. The third-order valence-electron chi connectivity index (χ3n) is 4.15. The van der Waals surface area contributed by atoms with Crippen molar-refractivity contribution in [2.45, 2.75) is 25.9 Å². The summed E-state index contributed by atoms with van der Waals surface area (Å²) in [6.07, 6.45) is 3.95. The van der Waals surface area contributed by atoms with Crippen LogP contribution in [-0.2, 0) is 13.1 Å². The van der Waals surface area contributed by atoms with E-state index in [4.69, 9.17) is 0 Å². The lowest BCUT2D eigenvalue weighted by atomic mass is 9.90. The van der Waals surface area contributed by atoms with Gasteiger partial charge in [0.15, 0.2) is 0 Å². The van der Waals surface area contributed by atoms with Gasteiger partial charge >= 0.3 is 0 Å². The van der Waals surface area contributed by atoms with Crippen LogP contribution in [0.2, 0.25) is 0 Å². The monoisotopic (exact) mass is 310 g/mol. The molecule has 0 aliphatic carbocycles. The van der Waals surface area contributed by atoms with E-state index < -0.39 is 0 Å². The van der Waals surface area contributed by atoms with Crippen LogP contribution in [0.1, 0.15) is 33.6 Å². The molecular formula is C17H18N4S. The highest BCUT2D eigenvalue weighted by molar-refractivity contribution is 7.09. The molecule has 0 saturated heterocycles. The second kappa shape index (κ2) is 5.66. The molecule has 112 valence electrons. The SMILES string of the molecule is Cc1nc(Cn2ccnc2[C@H]2CNCc3ccccc32)cs1. The summed E-state index contributed by atoms with van der Waals surface area (Å²) in [5.74, 6) is 1.42. The van der Waals surface area contributed by atoms with Gasteiger partial charge in [-0.05, 0) is 18.1 Å². The topological polar surface area (TPSA) is 42.7 Å². The quantitative estimate of drug-likeness (QED) is 0.809. The number of benzene rings is 1. The number of nitrogens with zero attached hydrogens (tertiary/aromatic N) is 3. The number of aromatic nitrogens is 3. The van der Waals surface area contributed by atoms with E-state index in [1.807, 2.05) is 13.1 Å². The number of hydrogen-bond donors (Lipinski definition) is 1. The number of rotatable bonds is 3. The second-order valence-corrected chi connectivity index (χ2v) is 6.72. The molecule has 4 rings (SSSR count). The van der Waals surface area contributed by atoms with E-state index in [1.165, 1.54) is 11.1 Å². The molecule has 0 bridgehead atoms. The van der Waals surface area contributed by atoms with Crippen molar-refractivity contribution in [2.24, 2.45) is 0 Å². The van der Waals surface area contributed by atoms with Crippen molar-refractivity contribution in [1.29, 1.82) is 0 Å². The summed E-state index contributed by atoms with van der Waals surface area (Å²) in [6, 6.07) is 8.65. The predicted molar refractivity (Wildman–Crippen MR) is 88.2 cm³/mol. The van der Waals surface area contributed by atoms with Crippen LogP contribution in [0.5, 0.6) is 0 Å². The molecule has 1 aromatic carbocycles. The van der Waals surface area contributed by atoms with Crippen LogP contribution in [0, 0.1) is 6.92 Å². The molecule has 0 saturated carbocycles. The normalized spacial score (nSPS) is 17.4. The fraction of sp³-hybridized carbons (Fsp3) is 0.294. The highest BCUT2D eigenvalue weighted by Crippen LogP contribution is 2.29. The number of aryl methyl sites for hydroxylation is 1. The van der Waals surface area contributed by atoms with Gasteiger partial charge in [-0.15, -0.1) is 11.3 Å². The standard InChI is InChI=1S/C17H18N4S/c1-12-20-14(11-22-12)10-21-7-6-19-17(21)16-9-18-8-13-4-2-3-5-15(13)16/h2-7,11,16,18H,8-10H2,1H3/t16-/m0/s1. The number of fused-ring (bicyclic) bond motifs is 1. The van der Waals surface area contributed by atoms with Gasteiger partial charge in [0.25, 0.3) is 0 Å². The van der Waals surface area contributed by atoms with E-state index in [0.29, 0.717) is 5.92 Å². The van der Waals surface area contributed by atoms with Crippen molar-refractivity contribution in [3.8, 4) is 0 Å². The third kappa shape index (κ3) is 2.46. The Labute approximate surface area is 133 Å². The van der Waals surface area contributed by atoms with Crippen LogP contribution >= 0.6 is 11.3 Å². The zero-order valence-electron chi connectivity index (χ0n) is 12.5. The number of imidazole rings is 1. The third-order valence-corrected chi connectivity index (χ3v) is 4.98. The first-order chi connectivity index (χ1) is 10.8. The Hall–Kier alpha value is -1.98. The summed E-state index contributed by atoms with van der Waals surface area (Å²) < 4.78 is 2.23. The van der Waals surface area contributed by atoms with Gasteiger partial charge in [-0.1, -0.05) is 24.3 Å². The van der Waals surface area contributed by atoms with E-state index >= 15 is 0 Å². The van der Waals surface area contributed by atoms with E-state index in [1.54, 1.807) is 11.3 Å². The molecule has 3 aromatic rings. The van der Waals surface area contributed by atoms with Gasteiger partial charge in [0, 0.05) is 30.9 Å². The van der Waals surface area contributed by atoms with Crippen molar-refractivity contribution in [3.63, 3.8) is 0 Å². The minimum atomic E-state index is 0.305. The molecule has 3 heterocycles. The van der Waals surface area contributed by atoms with E-state index in [9.17, 15) is 0 Å². The summed E-state index contributed by atoms with van der Waals surface area (Å²) in [5, 5.41) is 6.75. The first-order valence-electron chi connectivity index (χ1n) is 7.52. The van der Waals surface area contributed by atoms with Gasteiger partial charge in [0.2, 0.25) is 0 Å². The highest BCUT2D eigenvalue weighted by Gasteiger charge is 2.24. The first-order valence-corrected chi connectivity index (χ1v) is 8.40. The maximum Gasteiger partial charge on any atom is 0.117 e. The Kier molecular flexibility index (Phi) is 3.52. The van der Waals surface area contributed by atoms with Crippen molar-refractivity contribution in [1.82, 2.24) is 19.9 Å². The summed E-state index contributed by atoms with van der Waals surface area (Å²) in [5.41, 5.74) is 3.87. The largest absolute Gasteiger partial charge is 0.328 e. The van der Waals surface area contributed by atoms with Crippen LogP contribution in [-0.4, -0.2) is 21.1 Å². The summed E-state index contributed by atoms with van der Waals surface area (Å²) in [7, 11) is 0. The summed E-state index contributed by atoms with van der Waals surface area (Å²) >= 11 is 1.70. The molecule has 0 spiro atoms.